The highest BCUT2D eigenvalue weighted by Crippen LogP contribution is 2.39. The average molecular weight is 454 g/mol. The van der Waals surface area contributed by atoms with Crippen LogP contribution >= 0.6 is 0 Å². The summed E-state index contributed by atoms with van der Waals surface area (Å²) < 4.78 is 12.8. The molecular weight excluding hydrogens is 419 g/mol. The number of benzene rings is 2. The Balaban J connectivity index is 1.28. The molecule has 3 aromatic rings. The van der Waals surface area contributed by atoms with Crippen molar-refractivity contribution in [1.29, 1.82) is 0 Å². The summed E-state index contributed by atoms with van der Waals surface area (Å²) in [6.07, 6.45) is 10.6. The topological polar surface area (TPSA) is 47.1 Å². The molecular formula is C29H35BN2O2. The highest BCUT2D eigenvalue weighted by atomic mass is 16.7. The lowest BCUT2D eigenvalue weighted by Crippen LogP contribution is -2.41. The summed E-state index contributed by atoms with van der Waals surface area (Å²) in [5.74, 6) is 1.77. The Morgan fingerprint density at radius 3 is 2.18 bits per heavy atom. The van der Waals surface area contributed by atoms with Crippen molar-refractivity contribution in [2.75, 3.05) is 0 Å². The SMILES string of the molecule is CC1(C)OB(c2ccc(-c3ccc(-c4cnc(C5CCCC5)[nH]4)cc3)c3c2CCC3)OC1(C)C. The van der Waals surface area contributed by atoms with Gasteiger partial charge >= 0.3 is 7.12 Å². The lowest BCUT2D eigenvalue weighted by Gasteiger charge is -2.32. The van der Waals surface area contributed by atoms with Crippen molar-refractivity contribution in [3.05, 3.63) is 59.5 Å². The number of rotatable bonds is 4. The molecule has 2 aliphatic carbocycles. The molecule has 34 heavy (non-hydrogen) atoms. The van der Waals surface area contributed by atoms with Crippen molar-refractivity contribution in [1.82, 2.24) is 9.97 Å². The molecule has 1 aliphatic heterocycles. The van der Waals surface area contributed by atoms with Crippen LogP contribution in [0.25, 0.3) is 22.4 Å². The van der Waals surface area contributed by atoms with Gasteiger partial charge in [-0.2, -0.15) is 0 Å². The number of imidazole rings is 1. The van der Waals surface area contributed by atoms with Crippen LogP contribution in [0.1, 0.15) is 82.7 Å². The molecule has 1 saturated carbocycles. The van der Waals surface area contributed by atoms with Crippen molar-refractivity contribution in [2.45, 2.75) is 89.8 Å². The molecule has 2 aromatic carbocycles. The Labute approximate surface area is 203 Å². The van der Waals surface area contributed by atoms with E-state index in [0.717, 1.165) is 24.4 Å². The second kappa shape index (κ2) is 8.10. The molecule has 2 heterocycles. The van der Waals surface area contributed by atoms with Crippen LogP contribution in [0.15, 0.2) is 42.6 Å². The maximum Gasteiger partial charge on any atom is 0.495 e. The fraction of sp³-hybridized carbons (Fsp3) is 0.483. The van der Waals surface area contributed by atoms with E-state index < -0.39 is 0 Å². The van der Waals surface area contributed by atoms with E-state index in [-0.39, 0.29) is 18.3 Å². The van der Waals surface area contributed by atoms with E-state index in [0.29, 0.717) is 5.92 Å². The van der Waals surface area contributed by atoms with E-state index in [4.69, 9.17) is 14.3 Å². The van der Waals surface area contributed by atoms with Gasteiger partial charge in [0.2, 0.25) is 0 Å². The van der Waals surface area contributed by atoms with Gasteiger partial charge in [-0.3, -0.25) is 0 Å². The van der Waals surface area contributed by atoms with Crippen LogP contribution in [0.2, 0.25) is 0 Å². The van der Waals surface area contributed by atoms with Crippen LogP contribution in [0, 0.1) is 0 Å². The smallest absolute Gasteiger partial charge is 0.399 e. The van der Waals surface area contributed by atoms with Crippen molar-refractivity contribution in [3.8, 4) is 22.4 Å². The van der Waals surface area contributed by atoms with Crippen LogP contribution in [0.5, 0.6) is 0 Å². The van der Waals surface area contributed by atoms with E-state index in [1.807, 2.05) is 6.20 Å². The summed E-state index contributed by atoms with van der Waals surface area (Å²) in [4.78, 5) is 8.28. The standard InChI is InChI=1S/C29H35BN2O2/c1-28(2)29(3,4)34-30(33-28)25-17-16-22(23-10-7-11-24(23)25)19-12-14-20(15-13-19)26-18-31-27(32-26)21-8-5-6-9-21/h12-18,21H,5-11H2,1-4H3,(H,31,32). The Hall–Kier alpha value is -2.37. The minimum absolute atomic E-state index is 0.289. The van der Waals surface area contributed by atoms with Crippen LogP contribution in [0.4, 0.5) is 0 Å². The van der Waals surface area contributed by atoms with Gasteiger partial charge in [0, 0.05) is 5.92 Å². The molecule has 3 aliphatic rings. The second-order valence-electron chi connectivity index (χ2n) is 11.3. The number of aromatic nitrogens is 2. The van der Waals surface area contributed by atoms with Gasteiger partial charge in [0.25, 0.3) is 0 Å². The van der Waals surface area contributed by atoms with E-state index >= 15 is 0 Å². The summed E-state index contributed by atoms with van der Waals surface area (Å²) in [7, 11) is -0.289. The van der Waals surface area contributed by atoms with Crippen molar-refractivity contribution in [3.63, 3.8) is 0 Å². The van der Waals surface area contributed by atoms with Gasteiger partial charge in [-0.1, -0.05) is 49.2 Å². The average Bonchev–Trinajstić information content (AvgIpc) is 3.60. The first-order valence-electron chi connectivity index (χ1n) is 13.0. The third-order valence-corrected chi connectivity index (χ3v) is 8.67. The number of H-pyrrole nitrogens is 1. The van der Waals surface area contributed by atoms with Gasteiger partial charge in [0.05, 0.1) is 23.1 Å². The molecule has 0 atom stereocenters. The summed E-state index contributed by atoms with van der Waals surface area (Å²) in [5.41, 5.74) is 8.40. The minimum Gasteiger partial charge on any atom is -0.399 e. The zero-order valence-electron chi connectivity index (χ0n) is 20.9. The van der Waals surface area contributed by atoms with Crippen molar-refractivity contribution < 1.29 is 9.31 Å². The first-order valence-corrected chi connectivity index (χ1v) is 13.0. The molecule has 176 valence electrons. The van der Waals surface area contributed by atoms with Crippen LogP contribution in [-0.2, 0) is 22.2 Å². The van der Waals surface area contributed by atoms with Gasteiger partial charge in [-0.25, -0.2) is 4.98 Å². The zero-order valence-corrected chi connectivity index (χ0v) is 20.9. The van der Waals surface area contributed by atoms with Crippen molar-refractivity contribution in [2.24, 2.45) is 0 Å². The third kappa shape index (κ3) is 3.65. The van der Waals surface area contributed by atoms with Gasteiger partial charge < -0.3 is 14.3 Å². The molecule has 0 bridgehead atoms. The number of nitrogens with one attached hydrogen (secondary N) is 1. The first-order chi connectivity index (χ1) is 16.3. The zero-order chi connectivity index (χ0) is 23.5. The normalized spacial score (nSPS) is 21.4. The predicted octanol–water partition coefficient (Wildman–Crippen LogP) is 6.19. The summed E-state index contributed by atoms with van der Waals surface area (Å²) in [5, 5.41) is 0. The summed E-state index contributed by atoms with van der Waals surface area (Å²) >= 11 is 0. The maximum absolute atomic E-state index is 6.39. The molecule has 1 N–H and O–H groups in total. The van der Waals surface area contributed by atoms with Crippen LogP contribution < -0.4 is 5.46 Å². The van der Waals surface area contributed by atoms with E-state index in [2.05, 4.69) is 69.1 Å². The first kappa shape index (κ1) is 22.1. The second-order valence-corrected chi connectivity index (χ2v) is 11.3. The number of hydrogen-bond acceptors (Lipinski definition) is 3. The molecule has 1 saturated heterocycles. The van der Waals surface area contributed by atoms with Crippen LogP contribution in [0.3, 0.4) is 0 Å². The molecule has 1 aromatic heterocycles. The highest BCUT2D eigenvalue weighted by Gasteiger charge is 2.52. The summed E-state index contributed by atoms with van der Waals surface area (Å²) in [6.45, 7) is 8.50. The van der Waals surface area contributed by atoms with Crippen LogP contribution in [-0.4, -0.2) is 28.3 Å². The summed E-state index contributed by atoms with van der Waals surface area (Å²) in [6, 6.07) is 13.5. The fourth-order valence-electron chi connectivity index (χ4n) is 5.91. The Kier molecular flexibility index (Phi) is 5.27. The number of nitrogens with zero attached hydrogens (tertiary/aromatic N) is 1. The predicted molar refractivity (Wildman–Crippen MR) is 138 cm³/mol. The Bertz CT molecular complexity index is 1190. The Morgan fingerprint density at radius 1 is 0.824 bits per heavy atom. The van der Waals surface area contributed by atoms with Gasteiger partial charge in [0.1, 0.15) is 5.82 Å². The highest BCUT2D eigenvalue weighted by molar-refractivity contribution is 6.62. The van der Waals surface area contributed by atoms with E-state index in [9.17, 15) is 0 Å². The Morgan fingerprint density at radius 2 is 1.47 bits per heavy atom. The number of fused-ring (bicyclic) bond motifs is 1. The molecule has 0 amide bonds. The largest absolute Gasteiger partial charge is 0.495 e. The quantitative estimate of drug-likeness (QED) is 0.479. The lowest BCUT2D eigenvalue weighted by molar-refractivity contribution is 0.00578. The third-order valence-electron chi connectivity index (χ3n) is 8.67. The van der Waals surface area contributed by atoms with E-state index in [1.54, 1.807) is 0 Å². The van der Waals surface area contributed by atoms with Gasteiger partial charge in [-0.15, -0.1) is 0 Å². The van der Waals surface area contributed by atoms with Gasteiger partial charge in [0.15, 0.2) is 0 Å². The molecule has 5 heteroatoms. The minimum atomic E-state index is -0.318. The van der Waals surface area contributed by atoms with E-state index in [1.165, 1.54) is 65.4 Å². The number of aromatic amines is 1. The maximum atomic E-state index is 6.39. The monoisotopic (exact) mass is 454 g/mol. The molecule has 2 fully saturated rings. The fourth-order valence-corrected chi connectivity index (χ4v) is 5.91. The molecule has 4 nitrogen and oxygen atoms in total. The van der Waals surface area contributed by atoms with Crippen molar-refractivity contribution >= 4 is 12.6 Å². The van der Waals surface area contributed by atoms with Gasteiger partial charge in [-0.05, 0) is 93.1 Å². The number of hydrogen-bond donors (Lipinski definition) is 1. The molecule has 0 unspecified atom stereocenters. The lowest BCUT2D eigenvalue weighted by atomic mass is 9.74. The molecule has 0 spiro atoms. The molecule has 6 rings (SSSR count). The molecule has 0 radical (unpaired) electrons.